The molecule has 0 bridgehead atoms. The third kappa shape index (κ3) is 3.35. The Bertz CT molecular complexity index is 444. The number of rotatable bonds is 3. The van der Waals surface area contributed by atoms with Gasteiger partial charge in [0.05, 0.1) is 16.1 Å². The Kier molecular flexibility index (Phi) is 4.42. The molecule has 0 spiro atoms. The van der Waals surface area contributed by atoms with Gasteiger partial charge in [-0.1, -0.05) is 23.2 Å². The number of hydrogen-bond acceptors (Lipinski definition) is 2. The molecule has 5 heteroatoms. The predicted octanol–water partition coefficient (Wildman–Crippen LogP) is 3.23. The van der Waals surface area contributed by atoms with E-state index in [1.165, 1.54) is 0 Å². The van der Waals surface area contributed by atoms with Gasteiger partial charge in [-0.3, -0.25) is 4.79 Å². The lowest BCUT2D eigenvalue weighted by molar-refractivity contribution is -0.123. The van der Waals surface area contributed by atoms with Gasteiger partial charge in [0.15, 0.2) is 0 Å². The molecule has 0 saturated heterocycles. The summed E-state index contributed by atoms with van der Waals surface area (Å²) in [6, 6.07) is 3.36. The van der Waals surface area contributed by atoms with Crippen molar-refractivity contribution in [2.24, 2.45) is 11.1 Å². The van der Waals surface area contributed by atoms with Crippen LogP contribution in [0.4, 0.5) is 5.69 Å². The highest BCUT2D eigenvalue weighted by Gasteiger charge is 2.26. The maximum absolute atomic E-state index is 11.9. The van der Waals surface area contributed by atoms with Gasteiger partial charge < -0.3 is 11.1 Å². The van der Waals surface area contributed by atoms with Gasteiger partial charge in [-0.05, 0) is 38.5 Å². The molecular weight excluding hydrogens is 259 g/mol. The summed E-state index contributed by atoms with van der Waals surface area (Å²) in [4.78, 5) is 11.9. The Hall–Kier alpha value is -0.770. The van der Waals surface area contributed by atoms with Crippen LogP contribution < -0.4 is 11.1 Å². The highest BCUT2D eigenvalue weighted by atomic mass is 35.5. The van der Waals surface area contributed by atoms with E-state index in [4.69, 9.17) is 28.9 Å². The molecule has 17 heavy (non-hydrogen) atoms. The van der Waals surface area contributed by atoms with Crippen molar-refractivity contribution in [3.05, 3.63) is 27.7 Å². The van der Waals surface area contributed by atoms with Crippen LogP contribution in [0.25, 0.3) is 0 Å². The molecule has 94 valence electrons. The van der Waals surface area contributed by atoms with Gasteiger partial charge in [0.25, 0.3) is 0 Å². The number of halogens is 2. The van der Waals surface area contributed by atoms with Gasteiger partial charge in [-0.15, -0.1) is 0 Å². The van der Waals surface area contributed by atoms with Crippen LogP contribution in [0.2, 0.25) is 10.0 Å². The zero-order valence-electron chi connectivity index (χ0n) is 10.1. The second-order valence-corrected chi connectivity index (χ2v) is 5.44. The second kappa shape index (κ2) is 5.25. The molecule has 0 aliphatic heterocycles. The Morgan fingerprint density at radius 3 is 2.47 bits per heavy atom. The summed E-state index contributed by atoms with van der Waals surface area (Å²) in [7, 11) is 0. The van der Waals surface area contributed by atoms with Crippen LogP contribution in [0.5, 0.6) is 0 Å². The van der Waals surface area contributed by atoms with Crippen LogP contribution in [0.1, 0.15) is 19.4 Å². The molecule has 0 fully saturated rings. The fourth-order valence-corrected chi connectivity index (χ4v) is 1.56. The van der Waals surface area contributed by atoms with Crippen molar-refractivity contribution in [3.8, 4) is 0 Å². The highest BCUT2D eigenvalue weighted by molar-refractivity contribution is 6.36. The molecule has 0 aliphatic carbocycles. The van der Waals surface area contributed by atoms with Crippen LogP contribution in [0, 0.1) is 12.3 Å². The van der Waals surface area contributed by atoms with Crippen molar-refractivity contribution < 1.29 is 4.79 Å². The summed E-state index contributed by atoms with van der Waals surface area (Å²) in [5, 5.41) is 3.76. The molecule has 0 aromatic heterocycles. The molecular formula is C12H16Cl2N2O. The molecule has 0 radical (unpaired) electrons. The number of nitrogens with one attached hydrogen (secondary N) is 1. The third-order valence-electron chi connectivity index (χ3n) is 2.62. The lowest BCUT2D eigenvalue weighted by Crippen LogP contribution is -2.37. The van der Waals surface area contributed by atoms with Gasteiger partial charge >= 0.3 is 0 Å². The van der Waals surface area contributed by atoms with Crippen LogP contribution >= 0.6 is 23.2 Å². The Labute approximate surface area is 111 Å². The zero-order chi connectivity index (χ0) is 13.2. The summed E-state index contributed by atoms with van der Waals surface area (Å²) in [5.74, 6) is -0.179. The maximum atomic E-state index is 11.9. The molecule has 0 atom stereocenters. The molecule has 1 aromatic rings. The van der Waals surface area contributed by atoms with Gasteiger partial charge in [0.1, 0.15) is 0 Å². The van der Waals surface area contributed by atoms with E-state index in [1.54, 1.807) is 26.0 Å². The summed E-state index contributed by atoms with van der Waals surface area (Å²) in [5.41, 5.74) is 6.27. The first-order valence-corrected chi connectivity index (χ1v) is 6.00. The average Bonchev–Trinajstić information content (AvgIpc) is 2.25. The lowest BCUT2D eigenvalue weighted by atomic mass is 9.92. The van der Waals surface area contributed by atoms with E-state index >= 15 is 0 Å². The van der Waals surface area contributed by atoms with Gasteiger partial charge in [0, 0.05) is 11.6 Å². The minimum atomic E-state index is -0.638. The highest BCUT2D eigenvalue weighted by Crippen LogP contribution is 2.30. The number of carbonyl (C=O) groups excluding carboxylic acids is 1. The molecule has 1 amide bonds. The number of anilines is 1. The van der Waals surface area contributed by atoms with Gasteiger partial charge in [-0.25, -0.2) is 0 Å². The van der Waals surface area contributed by atoms with Crippen molar-refractivity contribution in [1.29, 1.82) is 0 Å². The molecule has 1 aromatic carbocycles. The van der Waals surface area contributed by atoms with Crippen LogP contribution in [-0.4, -0.2) is 12.5 Å². The number of nitrogens with two attached hydrogens (primary N) is 1. The molecule has 3 N–H and O–H groups in total. The van der Waals surface area contributed by atoms with E-state index in [-0.39, 0.29) is 12.5 Å². The number of hydrogen-bond donors (Lipinski definition) is 2. The van der Waals surface area contributed by atoms with E-state index in [2.05, 4.69) is 5.32 Å². The SMILES string of the molecule is Cc1cc(Cl)c(NC(=O)C(C)(C)CN)cc1Cl. The number of benzene rings is 1. The Balaban J connectivity index is 2.97. The zero-order valence-corrected chi connectivity index (χ0v) is 11.6. The first-order chi connectivity index (χ1) is 7.77. The minimum Gasteiger partial charge on any atom is -0.329 e. The maximum Gasteiger partial charge on any atom is 0.231 e. The summed E-state index contributed by atoms with van der Waals surface area (Å²) in [6.07, 6.45) is 0. The Morgan fingerprint density at radius 1 is 1.35 bits per heavy atom. The van der Waals surface area contributed by atoms with Crippen molar-refractivity contribution in [2.75, 3.05) is 11.9 Å². The molecule has 0 saturated carbocycles. The normalized spacial score (nSPS) is 11.4. The van der Waals surface area contributed by atoms with Gasteiger partial charge in [-0.2, -0.15) is 0 Å². The largest absolute Gasteiger partial charge is 0.329 e. The van der Waals surface area contributed by atoms with E-state index in [0.29, 0.717) is 15.7 Å². The topological polar surface area (TPSA) is 55.1 Å². The second-order valence-electron chi connectivity index (χ2n) is 4.62. The van der Waals surface area contributed by atoms with E-state index in [9.17, 15) is 4.79 Å². The quantitative estimate of drug-likeness (QED) is 0.889. The molecule has 0 unspecified atom stereocenters. The van der Waals surface area contributed by atoms with Crippen molar-refractivity contribution in [2.45, 2.75) is 20.8 Å². The number of carbonyl (C=O) groups is 1. The molecule has 0 heterocycles. The Morgan fingerprint density at radius 2 is 1.94 bits per heavy atom. The van der Waals surface area contributed by atoms with E-state index in [1.807, 2.05) is 6.92 Å². The summed E-state index contributed by atoms with van der Waals surface area (Å²) >= 11 is 12.0. The summed E-state index contributed by atoms with van der Waals surface area (Å²) in [6.45, 7) is 5.65. The number of amides is 1. The predicted molar refractivity (Wildman–Crippen MR) is 72.7 cm³/mol. The average molecular weight is 275 g/mol. The van der Waals surface area contributed by atoms with Gasteiger partial charge in [0.2, 0.25) is 5.91 Å². The van der Waals surface area contributed by atoms with Crippen molar-refractivity contribution in [1.82, 2.24) is 0 Å². The third-order valence-corrected chi connectivity index (χ3v) is 3.34. The van der Waals surface area contributed by atoms with Crippen molar-refractivity contribution in [3.63, 3.8) is 0 Å². The van der Waals surface area contributed by atoms with Crippen LogP contribution in [0.3, 0.4) is 0 Å². The van der Waals surface area contributed by atoms with E-state index in [0.717, 1.165) is 5.56 Å². The monoisotopic (exact) mass is 274 g/mol. The summed E-state index contributed by atoms with van der Waals surface area (Å²) < 4.78 is 0. The number of aryl methyl sites for hydroxylation is 1. The van der Waals surface area contributed by atoms with Crippen LogP contribution in [-0.2, 0) is 4.79 Å². The lowest BCUT2D eigenvalue weighted by Gasteiger charge is -2.21. The molecule has 0 aliphatic rings. The smallest absolute Gasteiger partial charge is 0.231 e. The fourth-order valence-electron chi connectivity index (χ4n) is 1.13. The van der Waals surface area contributed by atoms with Crippen molar-refractivity contribution >= 4 is 34.8 Å². The van der Waals surface area contributed by atoms with E-state index < -0.39 is 5.41 Å². The fraction of sp³-hybridized carbons (Fsp3) is 0.417. The first-order valence-electron chi connectivity index (χ1n) is 5.25. The minimum absolute atomic E-state index is 0.179. The first kappa shape index (κ1) is 14.3. The molecule has 3 nitrogen and oxygen atoms in total. The molecule has 1 rings (SSSR count). The standard InChI is InChI=1S/C12H16Cl2N2O/c1-7-4-9(14)10(5-8(7)13)16-11(17)12(2,3)6-15/h4-5H,6,15H2,1-3H3,(H,16,17). The van der Waals surface area contributed by atoms with Crippen LogP contribution in [0.15, 0.2) is 12.1 Å².